The summed E-state index contributed by atoms with van der Waals surface area (Å²) >= 11 is 15.8. The first-order valence-corrected chi connectivity index (χ1v) is 11.5. The molecule has 164 valence electrons. The lowest BCUT2D eigenvalue weighted by Gasteiger charge is -2.26. The number of halogens is 3. The lowest BCUT2D eigenvalue weighted by molar-refractivity contribution is 0.408. The van der Waals surface area contributed by atoms with Crippen LogP contribution in [0.1, 0.15) is 16.7 Å². The predicted octanol–water partition coefficient (Wildman–Crippen LogP) is 7.39. The van der Waals surface area contributed by atoms with Crippen LogP contribution >= 0.6 is 39.1 Å². The molecule has 0 fully saturated rings. The Bertz CT molecular complexity index is 1270. The van der Waals surface area contributed by atoms with E-state index in [1.54, 1.807) is 14.0 Å². The largest absolute Gasteiger partial charge is 0.495 e. The van der Waals surface area contributed by atoms with Crippen LogP contribution in [0.2, 0.25) is 10.0 Å². The summed E-state index contributed by atoms with van der Waals surface area (Å²) in [5.74, 6) is 0.511. The molecule has 0 aliphatic heterocycles. The summed E-state index contributed by atoms with van der Waals surface area (Å²) < 4.78 is 11.9. The van der Waals surface area contributed by atoms with E-state index in [2.05, 4.69) is 20.8 Å². The van der Waals surface area contributed by atoms with Crippen LogP contribution in [0.4, 0.5) is 5.69 Å². The summed E-state index contributed by atoms with van der Waals surface area (Å²) in [6, 6.07) is 19.4. The number of benzene rings is 3. The van der Waals surface area contributed by atoms with Crippen LogP contribution in [0.15, 0.2) is 74.3 Å². The SMILES string of the molecule is COc1c(C)c(=O)oc2cc(N(Cc3ccc(Cl)cc3)Cc3ccc(Cl)cc3)cc(Br)c12. The predicted molar refractivity (Wildman–Crippen MR) is 134 cm³/mol. The van der Waals surface area contributed by atoms with Crippen molar-refractivity contribution in [3.63, 3.8) is 0 Å². The Hall–Kier alpha value is -2.47. The van der Waals surface area contributed by atoms with Gasteiger partial charge in [0.1, 0.15) is 11.3 Å². The molecule has 0 N–H and O–H groups in total. The van der Waals surface area contributed by atoms with Crippen molar-refractivity contribution in [2.45, 2.75) is 20.0 Å². The third-order valence-electron chi connectivity index (χ3n) is 5.26. The molecule has 0 radical (unpaired) electrons. The highest BCUT2D eigenvalue weighted by Gasteiger charge is 2.18. The number of rotatable bonds is 6. The average Bonchev–Trinajstić information content (AvgIpc) is 2.77. The molecule has 0 aliphatic carbocycles. The smallest absolute Gasteiger partial charge is 0.342 e. The molecule has 7 heteroatoms. The van der Waals surface area contributed by atoms with Crippen molar-refractivity contribution < 1.29 is 9.15 Å². The summed E-state index contributed by atoms with van der Waals surface area (Å²) in [4.78, 5) is 14.5. The zero-order chi connectivity index (χ0) is 22.8. The summed E-state index contributed by atoms with van der Waals surface area (Å²) in [5.41, 5.74) is 3.57. The first-order chi connectivity index (χ1) is 15.4. The minimum atomic E-state index is -0.416. The average molecular weight is 533 g/mol. The van der Waals surface area contributed by atoms with Gasteiger partial charge in [0.15, 0.2) is 0 Å². The highest BCUT2D eigenvalue weighted by atomic mass is 79.9. The normalized spacial score (nSPS) is 11.0. The molecule has 0 spiro atoms. The van der Waals surface area contributed by atoms with Gasteiger partial charge in [-0.3, -0.25) is 0 Å². The third-order valence-corrected chi connectivity index (χ3v) is 6.39. The van der Waals surface area contributed by atoms with E-state index in [0.29, 0.717) is 40.0 Å². The molecule has 1 aromatic heterocycles. The van der Waals surface area contributed by atoms with Crippen molar-refractivity contribution in [2.75, 3.05) is 12.0 Å². The zero-order valence-corrected chi connectivity index (χ0v) is 20.6. The number of anilines is 1. The van der Waals surface area contributed by atoms with Crippen molar-refractivity contribution >= 4 is 55.8 Å². The minimum Gasteiger partial charge on any atom is -0.495 e. The Morgan fingerprint density at radius 3 is 1.97 bits per heavy atom. The van der Waals surface area contributed by atoms with Gasteiger partial charge in [-0.1, -0.05) is 47.5 Å². The van der Waals surface area contributed by atoms with Gasteiger partial charge in [0.25, 0.3) is 0 Å². The second kappa shape index (κ2) is 9.57. The quantitative estimate of drug-likeness (QED) is 0.243. The number of nitrogens with zero attached hydrogens (tertiary/aromatic N) is 1. The Kier molecular flexibility index (Phi) is 6.79. The number of methoxy groups -OCH3 is 1. The lowest BCUT2D eigenvalue weighted by Crippen LogP contribution is -2.22. The monoisotopic (exact) mass is 531 g/mol. The lowest BCUT2D eigenvalue weighted by atomic mass is 10.1. The molecule has 0 saturated heterocycles. The Balaban J connectivity index is 1.81. The van der Waals surface area contributed by atoms with Gasteiger partial charge < -0.3 is 14.1 Å². The highest BCUT2D eigenvalue weighted by molar-refractivity contribution is 9.10. The summed E-state index contributed by atoms with van der Waals surface area (Å²) in [7, 11) is 1.55. The molecule has 1 heterocycles. The number of fused-ring (bicyclic) bond motifs is 1. The molecule has 0 atom stereocenters. The second-order valence-electron chi connectivity index (χ2n) is 7.46. The maximum atomic E-state index is 12.4. The van der Waals surface area contributed by atoms with Crippen LogP contribution in [0, 0.1) is 6.92 Å². The van der Waals surface area contributed by atoms with Gasteiger partial charge in [0.05, 0.1) is 18.1 Å². The summed E-state index contributed by atoms with van der Waals surface area (Å²) in [6.07, 6.45) is 0. The van der Waals surface area contributed by atoms with Crippen molar-refractivity contribution in [3.8, 4) is 5.75 Å². The molecule has 4 rings (SSSR count). The standard InChI is InChI=1S/C25H20BrCl2NO3/c1-15-24(31-2)23-21(26)11-20(12-22(23)32-25(15)30)29(13-16-3-7-18(27)8-4-16)14-17-5-9-19(28)10-6-17/h3-12H,13-14H2,1-2H3. The van der Waals surface area contributed by atoms with Gasteiger partial charge in [-0.25, -0.2) is 4.79 Å². The zero-order valence-electron chi connectivity index (χ0n) is 17.5. The van der Waals surface area contributed by atoms with Gasteiger partial charge in [-0.15, -0.1) is 0 Å². The molecule has 4 aromatic rings. The molecule has 0 aliphatic rings. The fraction of sp³-hybridized carbons (Fsp3) is 0.160. The maximum Gasteiger partial charge on any atom is 0.342 e. The molecule has 32 heavy (non-hydrogen) atoms. The molecule has 0 amide bonds. The Morgan fingerprint density at radius 2 is 1.47 bits per heavy atom. The molecular formula is C25H20BrCl2NO3. The fourth-order valence-electron chi connectivity index (χ4n) is 3.62. The van der Waals surface area contributed by atoms with Crippen LogP contribution in [0.25, 0.3) is 11.0 Å². The highest BCUT2D eigenvalue weighted by Crippen LogP contribution is 2.37. The van der Waals surface area contributed by atoms with Gasteiger partial charge in [-0.05, 0) is 64.3 Å². The van der Waals surface area contributed by atoms with E-state index in [-0.39, 0.29) is 0 Å². The first kappa shape index (κ1) is 22.7. The van der Waals surface area contributed by atoms with E-state index in [1.807, 2.05) is 60.7 Å². The van der Waals surface area contributed by atoms with Crippen molar-refractivity contribution in [2.24, 2.45) is 0 Å². The van der Waals surface area contributed by atoms with Crippen LogP contribution in [-0.4, -0.2) is 7.11 Å². The van der Waals surface area contributed by atoms with Gasteiger partial charge in [-0.2, -0.15) is 0 Å². The number of ether oxygens (including phenoxy) is 1. The first-order valence-electron chi connectivity index (χ1n) is 9.90. The summed E-state index contributed by atoms with van der Waals surface area (Å²) in [5, 5.41) is 2.11. The van der Waals surface area contributed by atoms with E-state index < -0.39 is 5.63 Å². The molecule has 0 unspecified atom stereocenters. The van der Waals surface area contributed by atoms with E-state index in [4.69, 9.17) is 32.4 Å². The van der Waals surface area contributed by atoms with Gasteiger partial charge >= 0.3 is 5.63 Å². The number of hydrogen-bond acceptors (Lipinski definition) is 4. The van der Waals surface area contributed by atoms with Crippen molar-refractivity contribution in [3.05, 3.63) is 102 Å². The maximum absolute atomic E-state index is 12.4. The Labute approximate surface area is 204 Å². The molecule has 4 nitrogen and oxygen atoms in total. The van der Waals surface area contributed by atoms with Crippen LogP contribution in [0.3, 0.4) is 0 Å². The van der Waals surface area contributed by atoms with Crippen LogP contribution < -0.4 is 15.3 Å². The second-order valence-corrected chi connectivity index (χ2v) is 9.18. The minimum absolute atomic E-state index is 0.416. The van der Waals surface area contributed by atoms with Gasteiger partial charge in [0, 0.05) is 39.4 Å². The molecule has 3 aromatic carbocycles. The van der Waals surface area contributed by atoms with E-state index in [1.165, 1.54) is 0 Å². The van der Waals surface area contributed by atoms with Crippen LogP contribution in [-0.2, 0) is 13.1 Å². The summed E-state index contributed by atoms with van der Waals surface area (Å²) in [6.45, 7) is 2.95. The molecular weight excluding hydrogens is 513 g/mol. The topological polar surface area (TPSA) is 42.7 Å². The van der Waals surface area contributed by atoms with Gasteiger partial charge in [0.2, 0.25) is 0 Å². The van der Waals surface area contributed by atoms with E-state index in [9.17, 15) is 4.79 Å². The van der Waals surface area contributed by atoms with Crippen molar-refractivity contribution in [1.82, 2.24) is 0 Å². The number of hydrogen-bond donors (Lipinski definition) is 0. The molecule has 0 bridgehead atoms. The van der Waals surface area contributed by atoms with E-state index >= 15 is 0 Å². The van der Waals surface area contributed by atoms with E-state index in [0.717, 1.165) is 26.7 Å². The third kappa shape index (κ3) is 4.80. The molecule has 0 saturated carbocycles. The fourth-order valence-corrected chi connectivity index (χ4v) is 4.48. The Morgan fingerprint density at radius 1 is 0.938 bits per heavy atom. The van der Waals surface area contributed by atoms with Crippen molar-refractivity contribution in [1.29, 1.82) is 0 Å². The van der Waals surface area contributed by atoms with Crippen LogP contribution in [0.5, 0.6) is 5.75 Å².